The highest BCUT2D eigenvalue weighted by atomic mass is 32.2. The molecular weight excluding hydrogens is 364 g/mol. The summed E-state index contributed by atoms with van der Waals surface area (Å²) in [4.78, 5) is 27.5. The van der Waals surface area contributed by atoms with E-state index in [1.807, 2.05) is 0 Å². The first-order valence-electron chi connectivity index (χ1n) is 8.74. The highest BCUT2D eigenvalue weighted by Crippen LogP contribution is 2.33. The number of hydrogen-bond donors (Lipinski definition) is 1. The number of likely N-dealkylation sites (tertiary alicyclic amines) is 1. The molecule has 0 radical (unpaired) electrons. The van der Waals surface area contributed by atoms with E-state index in [1.165, 1.54) is 6.07 Å². The van der Waals surface area contributed by atoms with E-state index in [4.69, 9.17) is 0 Å². The third-order valence-electron chi connectivity index (χ3n) is 4.77. The van der Waals surface area contributed by atoms with Crippen LogP contribution in [0.15, 0.2) is 65.2 Å². The lowest BCUT2D eigenvalue weighted by atomic mass is 9.92. The average molecular weight is 382 g/mol. The highest BCUT2D eigenvalue weighted by Gasteiger charge is 2.41. The van der Waals surface area contributed by atoms with Gasteiger partial charge >= 0.3 is 0 Å². The van der Waals surface area contributed by atoms with Crippen molar-refractivity contribution in [1.82, 2.24) is 4.90 Å². The molecule has 1 heterocycles. The van der Waals surface area contributed by atoms with Gasteiger partial charge in [0.05, 0.1) is 0 Å². The number of benzene rings is 2. The van der Waals surface area contributed by atoms with Crippen LogP contribution in [0.2, 0.25) is 0 Å². The third kappa shape index (κ3) is 3.04. The molecule has 0 bridgehead atoms. The van der Waals surface area contributed by atoms with Gasteiger partial charge < -0.3 is 4.90 Å². The monoisotopic (exact) mass is 382 g/mol. The van der Waals surface area contributed by atoms with Crippen LogP contribution in [-0.4, -0.2) is 38.0 Å². The number of para-hydroxylation sites is 1. The summed E-state index contributed by atoms with van der Waals surface area (Å²) < 4.78 is 28.7. The number of allylic oxidation sites excluding steroid dienone is 2. The molecule has 0 atom stereocenters. The summed E-state index contributed by atoms with van der Waals surface area (Å²) in [5.74, 6) is -1.06. The van der Waals surface area contributed by atoms with Crippen molar-refractivity contribution in [2.45, 2.75) is 12.8 Å². The first kappa shape index (κ1) is 17.5. The predicted octanol–water partition coefficient (Wildman–Crippen LogP) is 2.81. The Hall–Kier alpha value is -2.93. The zero-order valence-corrected chi connectivity index (χ0v) is 15.3. The van der Waals surface area contributed by atoms with E-state index >= 15 is 0 Å². The standard InChI is InChI=1S/C20H18N2O4S/c23-18-15-10-4-5-11-16(15)19(24)20(17(18)22-12-6-7-13-22)27(25,26)21-14-8-2-1-3-9-14/h1-5,8-11,21H,6-7,12-13H2. The van der Waals surface area contributed by atoms with Gasteiger partial charge in [0.2, 0.25) is 11.6 Å². The molecule has 0 aromatic heterocycles. The van der Waals surface area contributed by atoms with E-state index in [-0.39, 0.29) is 16.8 Å². The third-order valence-corrected chi connectivity index (χ3v) is 6.19. The number of sulfonamides is 1. The van der Waals surface area contributed by atoms with Gasteiger partial charge in [0.1, 0.15) is 5.70 Å². The summed E-state index contributed by atoms with van der Waals surface area (Å²) in [7, 11) is -4.23. The highest BCUT2D eigenvalue weighted by molar-refractivity contribution is 7.97. The number of rotatable bonds is 4. The van der Waals surface area contributed by atoms with E-state index in [1.54, 1.807) is 53.4 Å². The molecule has 1 saturated heterocycles. The summed E-state index contributed by atoms with van der Waals surface area (Å²) in [5, 5.41) is 0. The smallest absolute Gasteiger partial charge is 0.268 e. The number of carbonyl (C=O) groups is 2. The molecule has 2 aliphatic rings. The van der Waals surface area contributed by atoms with Crippen molar-refractivity contribution >= 4 is 27.3 Å². The summed E-state index contributed by atoms with van der Waals surface area (Å²) in [6.07, 6.45) is 1.71. The first-order chi connectivity index (χ1) is 13.0. The van der Waals surface area contributed by atoms with Gasteiger partial charge in [0.15, 0.2) is 4.91 Å². The fourth-order valence-electron chi connectivity index (χ4n) is 3.53. The Bertz CT molecular complexity index is 1050. The zero-order valence-electron chi connectivity index (χ0n) is 14.5. The maximum Gasteiger partial charge on any atom is 0.268 e. The van der Waals surface area contributed by atoms with Gasteiger partial charge in [-0.05, 0) is 25.0 Å². The van der Waals surface area contributed by atoms with Crippen molar-refractivity contribution in [2.75, 3.05) is 17.8 Å². The molecular formula is C20H18N2O4S. The minimum atomic E-state index is -4.23. The Balaban J connectivity index is 1.88. The van der Waals surface area contributed by atoms with Crippen LogP contribution in [0.25, 0.3) is 0 Å². The second kappa shape index (κ2) is 6.66. The van der Waals surface area contributed by atoms with Crippen LogP contribution in [0.1, 0.15) is 33.6 Å². The zero-order chi connectivity index (χ0) is 19.0. The molecule has 27 heavy (non-hydrogen) atoms. The van der Waals surface area contributed by atoms with Gasteiger partial charge in [0.25, 0.3) is 10.0 Å². The number of nitrogens with one attached hydrogen (secondary N) is 1. The SMILES string of the molecule is O=C1C(N2CCCC2)=C(S(=O)(=O)Nc2ccccc2)C(=O)c2ccccc21. The minimum Gasteiger partial charge on any atom is -0.367 e. The van der Waals surface area contributed by atoms with E-state index in [9.17, 15) is 18.0 Å². The Morgan fingerprint density at radius 1 is 0.778 bits per heavy atom. The number of fused-ring (bicyclic) bond motifs is 1. The number of anilines is 1. The second-order valence-electron chi connectivity index (χ2n) is 6.55. The molecule has 2 aromatic rings. The Labute approximate surface area is 157 Å². The second-order valence-corrected chi connectivity index (χ2v) is 8.17. The molecule has 1 N–H and O–H groups in total. The molecule has 0 saturated carbocycles. The first-order valence-corrected chi connectivity index (χ1v) is 10.2. The Kier molecular flexibility index (Phi) is 4.31. The maximum absolute atomic E-state index is 13.1. The molecule has 0 spiro atoms. The van der Waals surface area contributed by atoms with Crippen LogP contribution in [0.4, 0.5) is 5.69 Å². The number of carbonyl (C=O) groups excluding carboxylic acids is 2. The molecule has 2 aromatic carbocycles. The fraction of sp³-hybridized carbons (Fsp3) is 0.200. The van der Waals surface area contributed by atoms with Crippen LogP contribution < -0.4 is 4.72 Å². The number of hydrogen-bond acceptors (Lipinski definition) is 5. The molecule has 138 valence electrons. The lowest BCUT2D eigenvalue weighted by Crippen LogP contribution is -2.36. The van der Waals surface area contributed by atoms with E-state index in [2.05, 4.69) is 4.72 Å². The summed E-state index contributed by atoms with van der Waals surface area (Å²) in [6.45, 7) is 1.11. The Morgan fingerprint density at radius 3 is 1.96 bits per heavy atom. The van der Waals surface area contributed by atoms with Crippen molar-refractivity contribution in [3.05, 3.63) is 76.3 Å². The molecule has 0 unspecified atom stereocenters. The lowest BCUT2D eigenvalue weighted by Gasteiger charge is -2.27. The summed E-state index contributed by atoms with van der Waals surface area (Å²) >= 11 is 0. The summed E-state index contributed by atoms with van der Waals surface area (Å²) in [5.41, 5.74) is 0.700. The molecule has 1 aliphatic heterocycles. The van der Waals surface area contributed by atoms with Gasteiger partial charge in [-0.25, -0.2) is 8.42 Å². The van der Waals surface area contributed by atoms with Gasteiger partial charge in [-0.2, -0.15) is 0 Å². The van der Waals surface area contributed by atoms with Crippen molar-refractivity contribution in [3.8, 4) is 0 Å². The summed E-state index contributed by atoms with van der Waals surface area (Å²) in [6, 6.07) is 14.7. The molecule has 7 heteroatoms. The van der Waals surface area contributed by atoms with Gasteiger partial charge in [0, 0.05) is 29.9 Å². The van der Waals surface area contributed by atoms with Crippen molar-refractivity contribution in [2.24, 2.45) is 0 Å². The fourth-order valence-corrected chi connectivity index (χ4v) is 4.91. The molecule has 1 aliphatic carbocycles. The van der Waals surface area contributed by atoms with Crippen LogP contribution in [0.5, 0.6) is 0 Å². The van der Waals surface area contributed by atoms with Gasteiger partial charge in [-0.15, -0.1) is 0 Å². The number of nitrogens with zero attached hydrogens (tertiary/aromatic N) is 1. The van der Waals surface area contributed by atoms with Gasteiger partial charge in [-0.1, -0.05) is 42.5 Å². The predicted molar refractivity (Wildman–Crippen MR) is 102 cm³/mol. The molecule has 6 nitrogen and oxygen atoms in total. The van der Waals surface area contributed by atoms with Crippen molar-refractivity contribution in [3.63, 3.8) is 0 Å². The number of ketones is 2. The van der Waals surface area contributed by atoms with Crippen molar-refractivity contribution < 1.29 is 18.0 Å². The number of Topliss-reactive ketones (excluding diaryl/α,β-unsaturated/α-hetero) is 2. The van der Waals surface area contributed by atoms with E-state index < -0.39 is 26.5 Å². The maximum atomic E-state index is 13.1. The quantitative estimate of drug-likeness (QED) is 0.879. The van der Waals surface area contributed by atoms with Gasteiger partial charge in [-0.3, -0.25) is 14.3 Å². The molecule has 0 amide bonds. The van der Waals surface area contributed by atoms with Crippen molar-refractivity contribution in [1.29, 1.82) is 0 Å². The molecule has 1 fully saturated rings. The normalized spacial score (nSPS) is 17.3. The Morgan fingerprint density at radius 2 is 1.33 bits per heavy atom. The van der Waals surface area contributed by atoms with E-state index in [0.717, 1.165) is 12.8 Å². The average Bonchev–Trinajstić information content (AvgIpc) is 3.19. The van der Waals surface area contributed by atoms with Crippen LogP contribution in [-0.2, 0) is 10.0 Å². The van der Waals surface area contributed by atoms with Crippen LogP contribution in [0, 0.1) is 0 Å². The largest absolute Gasteiger partial charge is 0.367 e. The lowest BCUT2D eigenvalue weighted by molar-refractivity contribution is 0.0953. The minimum absolute atomic E-state index is 0.0142. The van der Waals surface area contributed by atoms with E-state index in [0.29, 0.717) is 18.8 Å². The van der Waals surface area contributed by atoms with Crippen LogP contribution in [0.3, 0.4) is 0 Å². The van der Waals surface area contributed by atoms with Crippen LogP contribution >= 0.6 is 0 Å². The topological polar surface area (TPSA) is 83.6 Å². The molecule has 4 rings (SSSR count).